The Morgan fingerprint density at radius 3 is 2.88 bits per heavy atom. The molecule has 2 aromatic heterocycles. The van der Waals surface area contributed by atoms with Crippen LogP contribution in [-0.4, -0.2) is 61.3 Å². The zero-order chi connectivity index (χ0) is 22.8. The van der Waals surface area contributed by atoms with Gasteiger partial charge in [-0.05, 0) is 19.3 Å². The molecule has 172 valence electrons. The standard InChI is InChI=1S/C20H26N6O6/c1-25-17(24-15(16(28)20(25)31)18(29)23-13-8-22-32-10-13)12-3-2-6-26(9-12)19(30)11-4-5-14(27)21-7-11/h8,10-12,18,23,28-29H,2-7,9H2,1H3,(H,21,27). The van der Waals surface area contributed by atoms with Gasteiger partial charge in [0.25, 0.3) is 5.56 Å². The van der Waals surface area contributed by atoms with Crippen molar-refractivity contribution in [2.45, 2.75) is 37.8 Å². The smallest absolute Gasteiger partial charge is 0.295 e. The Kier molecular flexibility index (Phi) is 6.12. The van der Waals surface area contributed by atoms with Gasteiger partial charge in [-0.15, -0.1) is 0 Å². The van der Waals surface area contributed by atoms with E-state index >= 15 is 0 Å². The third-order valence-electron chi connectivity index (χ3n) is 6.04. The maximum absolute atomic E-state index is 13.0. The molecular formula is C20H26N6O6. The summed E-state index contributed by atoms with van der Waals surface area (Å²) in [6.45, 7) is 1.29. The van der Waals surface area contributed by atoms with Gasteiger partial charge in [0.1, 0.15) is 17.8 Å². The Balaban J connectivity index is 1.55. The lowest BCUT2D eigenvalue weighted by atomic mass is 9.93. The predicted molar refractivity (Wildman–Crippen MR) is 111 cm³/mol. The molecule has 3 unspecified atom stereocenters. The molecule has 2 aromatic rings. The molecule has 12 nitrogen and oxygen atoms in total. The van der Waals surface area contributed by atoms with Crippen molar-refractivity contribution in [2.75, 3.05) is 25.0 Å². The highest BCUT2D eigenvalue weighted by Crippen LogP contribution is 2.29. The topological polar surface area (TPSA) is 163 Å². The van der Waals surface area contributed by atoms with Crippen molar-refractivity contribution in [3.8, 4) is 5.75 Å². The number of aromatic nitrogens is 3. The number of nitrogens with zero attached hydrogens (tertiary/aromatic N) is 4. The summed E-state index contributed by atoms with van der Waals surface area (Å²) in [6.07, 6.45) is 3.42. The molecule has 4 heterocycles. The highest BCUT2D eigenvalue weighted by molar-refractivity contribution is 5.83. The van der Waals surface area contributed by atoms with Gasteiger partial charge in [0.05, 0.1) is 17.8 Å². The SMILES string of the molecule is Cn1c(C2CCCN(C(=O)C3CCC(=O)NC3)C2)nc(C(O)Nc2cnoc2)c(O)c1=O. The molecule has 2 fully saturated rings. The first-order valence-corrected chi connectivity index (χ1v) is 10.5. The van der Waals surface area contributed by atoms with Crippen molar-refractivity contribution >= 4 is 17.5 Å². The number of rotatable bonds is 5. The maximum Gasteiger partial charge on any atom is 0.295 e. The van der Waals surface area contributed by atoms with Crippen LogP contribution < -0.4 is 16.2 Å². The van der Waals surface area contributed by atoms with Crippen LogP contribution in [0.3, 0.4) is 0 Å². The summed E-state index contributed by atoms with van der Waals surface area (Å²) in [5, 5.41) is 29.7. The molecule has 4 rings (SSSR count). The molecule has 2 amide bonds. The molecule has 3 atom stereocenters. The molecule has 0 spiro atoms. The van der Waals surface area contributed by atoms with Gasteiger partial charge in [-0.2, -0.15) is 0 Å². The fourth-order valence-corrected chi connectivity index (χ4v) is 4.27. The molecule has 0 radical (unpaired) electrons. The number of anilines is 1. The van der Waals surface area contributed by atoms with E-state index in [0.29, 0.717) is 50.4 Å². The summed E-state index contributed by atoms with van der Waals surface area (Å²) < 4.78 is 5.95. The van der Waals surface area contributed by atoms with Gasteiger partial charge in [-0.25, -0.2) is 4.98 Å². The van der Waals surface area contributed by atoms with Gasteiger partial charge in [0.15, 0.2) is 6.23 Å². The van der Waals surface area contributed by atoms with Crippen LogP contribution in [0.15, 0.2) is 21.8 Å². The summed E-state index contributed by atoms with van der Waals surface area (Å²) in [5.74, 6) is -0.843. The van der Waals surface area contributed by atoms with E-state index in [1.165, 1.54) is 24.1 Å². The van der Waals surface area contributed by atoms with Crippen LogP contribution in [0.25, 0.3) is 0 Å². The Morgan fingerprint density at radius 1 is 1.38 bits per heavy atom. The highest BCUT2D eigenvalue weighted by atomic mass is 16.5. The summed E-state index contributed by atoms with van der Waals surface area (Å²) in [7, 11) is 1.51. The number of hydrogen-bond acceptors (Lipinski definition) is 9. The number of aromatic hydroxyl groups is 1. The lowest BCUT2D eigenvalue weighted by molar-refractivity contribution is -0.138. The van der Waals surface area contributed by atoms with E-state index in [0.717, 1.165) is 6.42 Å². The van der Waals surface area contributed by atoms with E-state index < -0.39 is 17.5 Å². The number of piperidine rings is 2. The molecule has 2 aliphatic rings. The zero-order valence-electron chi connectivity index (χ0n) is 17.7. The number of aliphatic hydroxyl groups excluding tert-OH is 1. The van der Waals surface area contributed by atoms with E-state index in [1.54, 1.807) is 4.90 Å². The Hall–Kier alpha value is -3.41. The van der Waals surface area contributed by atoms with Crippen LogP contribution in [0.5, 0.6) is 5.75 Å². The second-order valence-corrected chi connectivity index (χ2v) is 8.19. The minimum Gasteiger partial charge on any atom is -0.502 e. The third kappa shape index (κ3) is 4.31. The lowest BCUT2D eigenvalue weighted by Gasteiger charge is -2.36. The number of amides is 2. The average molecular weight is 446 g/mol. The van der Waals surface area contributed by atoms with E-state index in [-0.39, 0.29) is 29.3 Å². The van der Waals surface area contributed by atoms with Crippen molar-refractivity contribution in [3.05, 3.63) is 34.3 Å². The molecule has 0 saturated carbocycles. The van der Waals surface area contributed by atoms with Crippen molar-refractivity contribution in [3.63, 3.8) is 0 Å². The molecule has 2 aliphatic heterocycles. The quantitative estimate of drug-likeness (QED) is 0.456. The van der Waals surface area contributed by atoms with Gasteiger partial charge in [-0.1, -0.05) is 5.16 Å². The maximum atomic E-state index is 13.0. The molecule has 4 N–H and O–H groups in total. The van der Waals surface area contributed by atoms with Gasteiger partial charge in [0.2, 0.25) is 17.6 Å². The summed E-state index contributed by atoms with van der Waals surface area (Å²) in [4.78, 5) is 43.2. The highest BCUT2D eigenvalue weighted by Gasteiger charge is 2.34. The van der Waals surface area contributed by atoms with Crippen molar-refractivity contribution < 1.29 is 24.3 Å². The Morgan fingerprint density at radius 2 is 2.19 bits per heavy atom. The minimum absolute atomic E-state index is 0.0205. The molecule has 32 heavy (non-hydrogen) atoms. The summed E-state index contributed by atoms with van der Waals surface area (Å²) >= 11 is 0. The number of nitrogens with one attached hydrogen (secondary N) is 2. The number of likely N-dealkylation sites (tertiary alicyclic amines) is 1. The van der Waals surface area contributed by atoms with Gasteiger partial charge in [-0.3, -0.25) is 19.0 Å². The van der Waals surface area contributed by atoms with E-state index in [9.17, 15) is 24.6 Å². The molecule has 0 bridgehead atoms. The number of carbonyl (C=O) groups excluding carboxylic acids is 2. The van der Waals surface area contributed by atoms with Crippen molar-refractivity contribution in [2.24, 2.45) is 13.0 Å². The number of carbonyl (C=O) groups is 2. The first-order valence-electron chi connectivity index (χ1n) is 10.5. The van der Waals surface area contributed by atoms with Gasteiger partial charge >= 0.3 is 0 Å². The monoisotopic (exact) mass is 446 g/mol. The largest absolute Gasteiger partial charge is 0.502 e. The van der Waals surface area contributed by atoms with Crippen LogP contribution in [0.4, 0.5) is 5.69 Å². The lowest BCUT2D eigenvalue weighted by Crippen LogP contribution is -2.48. The average Bonchev–Trinajstić information content (AvgIpc) is 3.31. The van der Waals surface area contributed by atoms with Crippen LogP contribution in [0, 0.1) is 5.92 Å². The second-order valence-electron chi connectivity index (χ2n) is 8.19. The second kappa shape index (κ2) is 8.99. The van der Waals surface area contributed by atoms with Crippen LogP contribution >= 0.6 is 0 Å². The fourth-order valence-electron chi connectivity index (χ4n) is 4.27. The Bertz CT molecular complexity index is 1040. The third-order valence-corrected chi connectivity index (χ3v) is 6.04. The van der Waals surface area contributed by atoms with Gasteiger partial charge in [0, 0.05) is 39.0 Å². The predicted octanol–water partition coefficient (Wildman–Crippen LogP) is -0.191. The van der Waals surface area contributed by atoms with E-state index in [2.05, 4.69) is 20.8 Å². The molecule has 0 aromatic carbocycles. The van der Waals surface area contributed by atoms with E-state index in [1.807, 2.05) is 0 Å². The first kappa shape index (κ1) is 21.8. The normalized spacial score (nSPS) is 22.3. The minimum atomic E-state index is -1.46. The molecular weight excluding hydrogens is 420 g/mol. The van der Waals surface area contributed by atoms with Crippen LogP contribution in [0.1, 0.15) is 49.3 Å². The fraction of sp³-hybridized carbons (Fsp3) is 0.550. The van der Waals surface area contributed by atoms with Gasteiger partial charge < -0.3 is 30.3 Å². The first-order chi connectivity index (χ1) is 15.3. The van der Waals surface area contributed by atoms with Crippen molar-refractivity contribution in [1.29, 1.82) is 0 Å². The summed E-state index contributed by atoms with van der Waals surface area (Å²) in [5.41, 5.74) is -0.535. The van der Waals surface area contributed by atoms with Crippen LogP contribution in [-0.2, 0) is 16.6 Å². The number of hydrogen-bond donors (Lipinski definition) is 4. The summed E-state index contributed by atoms with van der Waals surface area (Å²) in [6, 6.07) is 0. The number of aliphatic hydroxyl groups is 1. The zero-order valence-corrected chi connectivity index (χ0v) is 17.7. The van der Waals surface area contributed by atoms with E-state index in [4.69, 9.17) is 4.52 Å². The Labute approximate surface area is 183 Å². The molecule has 12 heteroatoms. The molecule has 2 saturated heterocycles. The van der Waals surface area contributed by atoms with Crippen molar-refractivity contribution in [1.82, 2.24) is 24.9 Å². The molecule has 0 aliphatic carbocycles. The van der Waals surface area contributed by atoms with Crippen LogP contribution in [0.2, 0.25) is 0 Å².